The summed E-state index contributed by atoms with van der Waals surface area (Å²) in [4.78, 5) is 7.97. The van der Waals surface area contributed by atoms with E-state index in [1.807, 2.05) is 0 Å². The Morgan fingerprint density at radius 3 is 2.42 bits per heavy atom. The molecule has 0 aliphatic carbocycles. The first kappa shape index (κ1) is 19.3. The summed E-state index contributed by atoms with van der Waals surface area (Å²) in [5, 5.41) is 6.57. The van der Waals surface area contributed by atoms with Crippen molar-refractivity contribution in [2.75, 3.05) is 40.8 Å². The Balaban J connectivity index is 1.73. The van der Waals surface area contributed by atoms with E-state index in [0.29, 0.717) is 37.2 Å². The quantitative estimate of drug-likeness (QED) is 0.585. The number of piperidine rings is 2. The number of fused-ring (bicyclic) bond motifs is 2. The maximum absolute atomic E-state index is 12.3. The van der Waals surface area contributed by atoms with Crippen LogP contribution in [0.3, 0.4) is 0 Å². The van der Waals surface area contributed by atoms with Crippen LogP contribution in [0.1, 0.15) is 32.1 Å². The number of guanidine groups is 1. The van der Waals surface area contributed by atoms with E-state index in [4.69, 9.17) is 0 Å². The van der Waals surface area contributed by atoms with Crippen molar-refractivity contribution in [3.8, 4) is 0 Å². The zero-order valence-electron chi connectivity index (χ0n) is 14.9. The minimum Gasteiger partial charge on any atom is -0.355 e. The number of nitrogens with zero attached hydrogens (tertiary/aromatic N) is 3. The molecule has 0 spiro atoms. The van der Waals surface area contributed by atoms with E-state index in [1.54, 1.807) is 7.05 Å². The lowest BCUT2D eigenvalue weighted by Crippen LogP contribution is -2.57. The lowest BCUT2D eigenvalue weighted by atomic mass is 9.82. The molecule has 2 atom stereocenters. The number of likely N-dealkylation sites (N-methyl/N-ethyl adjacent to an activating group) is 1. The molecule has 0 radical (unpaired) electrons. The van der Waals surface area contributed by atoms with Gasteiger partial charge in [0.25, 0.3) is 0 Å². The van der Waals surface area contributed by atoms with Crippen molar-refractivity contribution < 1.29 is 13.2 Å². The van der Waals surface area contributed by atoms with Crippen LogP contribution in [-0.4, -0.2) is 80.8 Å². The summed E-state index contributed by atoms with van der Waals surface area (Å²) in [6, 6.07) is 1.65. The van der Waals surface area contributed by atoms with Gasteiger partial charge in [0.2, 0.25) is 0 Å². The highest BCUT2D eigenvalue weighted by Crippen LogP contribution is 2.32. The van der Waals surface area contributed by atoms with E-state index in [-0.39, 0.29) is 0 Å². The zero-order valence-corrected chi connectivity index (χ0v) is 14.9. The van der Waals surface area contributed by atoms with Gasteiger partial charge in [0.05, 0.1) is 6.54 Å². The second kappa shape index (κ2) is 8.38. The third-order valence-corrected chi connectivity index (χ3v) is 5.14. The smallest absolute Gasteiger partial charge is 0.355 e. The molecule has 2 rings (SSSR count). The number of halogens is 3. The molecular formula is C16H30F3N5. The average Bonchev–Trinajstić information content (AvgIpc) is 2.45. The van der Waals surface area contributed by atoms with Crippen molar-refractivity contribution in [1.29, 1.82) is 0 Å². The maximum Gasteiger partial charge on any atom is 0.401 e. The van der Waals surface area contributed by atoms with Crippen molar-refractivity contribution in [3.05, 3.63) is 0 Å². The second-order valence-corrected chi connectivity index (χ2v) is 7.07. The molecule has 140 valence electrons. The predicted molar refractivity (Wildman–Crippen MR) is 90.3 cm³/mol. The van der Waals surface area contributed by atoms with Crippen LogP contribution in [0.25, 0.3) is 0 Å². The Kier molecular flexibility index (Phi) is 6.74. The molecule has 2 bridgehead atoms. The summed E-state index contributed by atoms with van der Waals surface area (Å²) in [7, 11) is 5.39. The first-order valence-electron chi connectivity index (χ1n) is 8.73. The average molecular weight is 349 g/mol. The topological polar surface area (TPSA) is 42.9 Å². The number of nitrogens with one attached hydrogen (secondary N) is 2. The van der Waals surface area contributed by atoms with E-state index in [9.17, 15) is 13.2 Å². The van der Waals surface area contributed by atoms with Crippen LogP contribution in [0.4, 0.5) is 13.2 Å². The van der Waals surface area contributed by atoms with Crippen LogP contribution in [-0.2, 0) is 0 Å². The van der Waals surface area contributed by atoms with Crippen LogP contribution >= 0.6 is 0 Å². The van der Waals surface area contributed by atoms with Gasteiger partial charge in [-0.05, 0) is 39.8 Å². The molecule has 5 nitrogen and oxygen atoms in total. The van der Waals surface area contributed by atoms with Crippen LogP contribution < -0.4 is 10.6 Å². The van der Waals surface area contributed by atoms with Crippen molar-refractivity contribution in [3.63, 3.8) is 0 Å². The van der Waals surface area contributed by atoms with E-state index < -0.39 is 12.7 Å². The molecular weight excluding hydrogens is 319 g/mol. The van der Waals surface area contributed by atoms with Crippen molar-refractivity contribution >= 4 is 5.96 Å². The van der Waals surface area contributed by atoms with Crippen molar-refractivity contribution in [2.45, 2.75) is 56.4 Å². The first-order valence-corrected chi connectivity index (χ1v) is 8.73. The van der Waals surface area contributed by atoms with Gasteiger partial charge in [0.15, 0.2) is 5.96 Å². The highest BCUT2D eigenvalue weighted by atomic mass is 19.4. The largest absolute Gasteiger partial charge is 0.401 e. The normalized spacial score (nSPS) is 29.0. The fraction of sp³-hybridized carbons (Fsp3) is 0.938. The standard InChI is InChI=1S/C16H30F3N5/c1-20-15(21-7-8-23(2)11-16(17,18)19)22-12-9-13-5-4-6-14(10-12)24(13)3/h12-14H,4-11H2,1-3H3,(H2,20,21,22). The summed E-state index contributed by atoms with van der Waals surface area (Å²) in [6.45, 7) is -0.135. The molecule has 0 amide bonds. The fourth-order valence-electron chi connectivity index (χ4n) is 3.87. The minimum atomic E-state index is -4.15. The molecule has 0 aromatic carbocycles. The highest BCUT2D eigenvalue weighted by molar-refractivity contribution is 5.79. The van der Waals surface area contributed by atoms with E-state index in [1.165, 1.54) is 31.2 Å². The monoisotopic (exact) mass is 349 g/mol. The van der Waals surface area contributed by atoms with Gasteiger partial charge in [0, 0.05) is 38.3 Å². The molecule has 2 unspecified atom stereocenters. The Morgan fingerprint density at radius 1 is 1.25 bits per heavy atom. The predicted octanol–water partition coefficient (Wildman–Crippen LogP) is 1.66. The molecule has 2 saturated heterocycles. The summed E-state index contributed by atoms with van der Waals surface area (Å²) < 4.78 is 36.9. The van der Waals surface area contributed by atoms with Crippen molar-refractivity contribution in [1.82, 2.24) is 20.4 Å². The van der Waals surface area contributed by atoms with E-state index in [0.717, 1.165) is 12.8 Å². The third kappa shape index (κ3) is 5.81. The number of alkyl halides is 3. The lowest BCUT2D eigenvalue weighted by Gasteiger charge is -2.47. The van der Waals surface area contributed by atoms with Gasteiger partial charge in [-0.15, -0.1) is 0 Å². The van der Waals surface area contributed by atoms with Gasteiger partial charge in [-0.1, -0.05) is 6.42 Å². The number of rotatable bonds is 5. The summed E-state index contributed by atoms with van der Waals surface area (Å²) in [5.41, 5.74) is 0. The molecule has 2 heterocycles. The van der Waals surface area contributed by atoms with Gasteiger partial charge in [0.1, 0.15) is 0 Å². The molecule has 2 N–H and O–H groups in total. The number of aliphatic imine (C=N–C) groups is 1. The number of hydrogen-bond donors (Lipinski definition) is 2. The van der Waals surface area contributed by atoms with Crippen molar-refractivity contribution in [2.24, 2.45) is 4.99 Å². The summed E-state index contributed by atoms with van der Waals surface area (Å²) in [6.07, 6.45) is 1.85. The van der Waals surface area contributed by atoms with Gasteiger partial charge in [-0.25, -0.2) is 0 Å². The van der Waals surface area contributed by atoms with Gasteiger partial charge >= 0.3 is 6.18 Å². The molecule has 0 aromatic heterocycles. The van der Waals surface area contributed by atoms with E-state index in [2.05, 4.69) is 27.6 Å². The van der Waals surface area contributed by atoms with Gasteiger partial charge < -0.3 is 15.5 Å². The molecule has 8 heteroatoms. The zero-order chi connectivity index (χ0) is 17.7. The van der Waals surface area contributed by atoms with Crippen LogP contribution in [0.5, 0.6) is 0 Å². The molecule has 0 saturated carbocycles. The Labute approximate surface area is 142 Å². The SMILES string of the molecule is CN=C(NCCN(C)CC(F)(F)F)NC1CC2CCCC(C1)N2C. The van der Waals surface area contributed by atoms with Crippen LogP contribution in [0.15, 0.2) is 4.99 Å². The molecule has 2 fully saturated rings. The Hall–Kier alpha value is -1.02. The van der Waals surface area contributed by atoms with Gasteiger partial charge in [-0.3, -0.25) is 9.89 Å². The van der Waals surface area contributed by atoms with E-state index >= 15 is 0 Å². The molecule has 24 heavy (non-hydrogen) atoms. The lowest BCUT2D eigenvalue weighted by molar-refractivity contribution is -0.142. The second-order valence-electron chi connectivity index (χ2n) is 7.07. The van der Waals surface area contributed by atoms with Crippen LogP contribution in [0, 0.1) is 0 Å². The third-order valence-electron chi connectivity index (χ3n) is 5.14. The number of hydrogen-bond acceptors (Lipinski definition) is 3. The molecule has 2 aliphatic rings. The summed E-state index contributed by atoms with van der Waals surface area (Å²) in [5.74, 6) is 0.683. The highest BCUT2D eigenvalue weighted by Gasteiger charge is 2.36. The van der Waals surface area contributed by atoms with Gasteiger partial charge in [-0.2, -0.15) is 13.2 Å². The Bertz CT molecular complexity index is 412. The summed E-state index contributed by atoms with van der Waals surface area (Å²) >= 11 is 0. The van der Waals surface area contributed by atoms with Crippen LogP contribution in [0.2, 0.25) is 0 Å². The molecule has 0 aromatic rings. The Morgan fingerprint density at radius 2 is 1.88 bits per heavy atom. The fourth-order valence-corrected chi connectivity index (χ4v) is 3.87. The maximum atomic E-state index is 12.3. The minimum absolute atomic E-state index is 0.318. The first-order chi connectivity index (χ1) is 11.3. The molecule has 2 aliphatic heterocycles.